The molecule has 1 aliphatic carbocycles. The van der Waals surface area contributed by atoms with Gasteiger partial charge >= 0.3 is 0 Å². The fourth-order valence-electron chi connectivity index (χ4n) is 4.76. The molecular formula is C19H35N3O2. The van der Waals surface area contributed by atoms with E-state index in [1.54, 1.807) is 0 Å². The van der Waals surface area contributed by atoms with E-state index >= 15 is 0 Å². The topological polar surface area (TPSA) is 47.0 Å². The van der Waals surface area contributed by atoms with Gasteiger partial charge in [-0.1, -0.05) is 13.8 Å². The Morgan fingerprint density at radius 1 is 1.00 bits per heavy atom. The molecule has 1 amide bonds. The van der Waals surface area contributed by atoms with Crippen LogP contribution < -0.4 is 0 Å². The average Bonchev–Trinajstić information content (AvgIpc) is 3.00. The SMILES string of the molecule is CC(C)CN1CCC(C(=O)N2CCN(C3CCCC3O)CC2)CC1. The van der Waals surface area contributed by atoms with Crippen molar-refractivity contribution in [2.45, 2.75) is 58.1 Å². The van der Waals surface area contributed by atoms with Crippen molar-refractivity contribution in [1.82, 2.24) is 14.7 Å². The smallest absolute Gasteiger partial charge is 0.225 e. The summed E-state index contributed by atoms with van der Waals surface area (Å²) in [6.45, 7) is 11.4. The highest BCUT2D eigenvalue weighted by Crippen LogP contribution is 2.26. The van der Waals surface area contributed by atoms with Crippen LogP contribution in [0, 0.1) is 11.8 Å². The minimum Gasteiger partial charge on any atom is -0.391 e. The summed E-state index contributed by atoms with van der Waals surface area (Å²) >= 11 is 0. The largest absolute Gasteiger partial charge is 0.391 e. The number of hydrogen-bond donors (Lipinski definition) is 1. The fraction of sp³-hybridized carbons (Fsp3) is 0.947. The average molecular weight is 338 g/mol. The molecule has 3 rings (SSSR count). The Balaban J connectivity index is 1.42. The molecule has 0 radical (unpaired) electrons. The number of nitrogens with zero attached hydrogens (tertiary/aromatic N) is 3. The molecule has 3 aliphatic rings. The number of aliphatic hydroxyl groups is 1. The number of piperidine rings is 1. The van der Waals surface area contributed by atoms with Gasteiger partial charge in [0.05, 0.1) is 6.10 Å². The standard InChI is InChI=1S/C19H35N3O2/c1-15(2)14-20-8-6-16(7-9-20)19(24)22-12-10-21(11-13-22)17-4-3-5-18(17)23/h15-18,23H,3-14H2,1-2H3. The highest BCUT2D eigenvalue weighted by Gasteiger charge is 2.35. The monoisotopic (exact) mass is 337 g/mol. The number of carbonyl (C=O) groups is 1. The van der Waals surface area contributed by atoms with Crippen LogP contribution in [0.2, 0.25) is 0 Å². The van der Waals surface area contributed by atoms with Gasteiger partial charge in [-0.25, -0.2) is 0 Å². The van der Waals surface area contributed by atoms with E-state index in [1.165, 1.54) is 0 Å². The Morgan fingerprint density at radius 2 is 1.67 bits per heavy atom. The summed E-state index contributed by atoms with van der Waals surface area (Å²) in [6, 6.07) is 0.335. The van der Waals surface area contributed by atoms with Crippen molar-refractivity contribution in [2.24, 2.45) is 11.8 Å². The van der Waals surface area contributed by atoms with E-state index in [9.17, 15) is 9.90 Å². The van der Waals surface area contributed by atoms with Crippen molar-refractivity contribution < 1.29 is 9.90 Å². The van der Waals surface area contributed by atoms with Crippen LogP contribution in [0.4, 0.5) is 0 Å². The summed E-state index contributed by atoms with van der Waals surface area (Å²) in [5, 5.41) is 10.1. The van der Waals surface area contributed by atoms with Gasteiger partial charge in [-0.3, -0.25) is 9.69 Å². The molecule has 138 valence electrons. The van der Waals surface area contributed by atoms with Crippen LogP contribution in [-0.4, -0.2) is 83.7 Å². The maximum Gasteiger partial charge on any atom is 0.225 e. The van der Waals surface area contributed by atoms with Crippen LogP contribution in [0.1, 0.15) is 46.0 Å². The lowest BCUT2D eigenvalue weighted by Gasteiger charge is -2.41. The molecule has 5 nitrogen and oxygen atoms in total. The Hall–Kier alpha value is -0.650. The van der Waals surface area contributed by atoms with E-state index in [4.69, 9.17) is 0 Å². The summed E-state index contributed by atoms with van der Waals surface area (Å²) in [5.74, 6) is 1.32. The predicted molar refractivity (Wildman–Crippen MR) is 95.8 cm³/mol. The number of hydrogen-bond acceptors (Lipinski definition) is 4. The minimum absolute atomic E-state index is 0.155. The second-order valence-electron chi connectivity index (χ2n) is 8.40. The molecule has 0 spiro atoms. The maximum absolute atomic E-state index is 12.8. The summed E-state index contributed by atoms with van der Waals surface area (Å²) in [5.41, 5.74) is 0. The first kappa shape index (κ1) is 18.2. The van der Waals surface area contributed by atoms with Crippen LogP contribution in [0.25, 0.3) is 0 Å². The van der Waals surface area contributed by atoms with Gasteiger partial charge in [-0.2, -0.15) is 0 Å². The molecule has 5 heteroatoms. The van der Waals surface area contributed by atoms with Gasteiger partial charge in [0.1, 0.15) is 0 Å². The lowest BCUT2D eigenvalue weighted by molar-refractivity contribution is -0.139. The molecule has 2 heterocycles. The van der Waals surface area contributed by atoms with Gasteiger partial charge in [-0.15, -0.1) is 0 Å². The Morgan fingerprint density at radius 3 is 2.21 bits per heavy atom. The first-order chi connectivity index (χ1) is 11.5. The summed E-state index contributed by atoms with van der Waals surface area (Å²) in [6.07, 6.45) is 5.08. The normalized spacial score (nSPS) is 31.1. The highest BCUT2D eigenvalue weighted by molar-refractivity contribution is 5.79. The fourth-order valence-corrected chi connectivity index (χ4v) is 4.76. The van der Waals surface area contributed by atoms with Crippen molar-refractivity contribution in [3.63, 3.8) is 0 Å². The van der Waals surface area contributed by atoms with Crippen LogP contribution in [0.5, 0.6) is 0 Å². The zero-order valence-electron chi connectivity index (χ0n) is 15.5. The maximum atomic E-state index is 12.8. The molecule has 2 atom stereocenters. The number of carbonyl (C=O) groups excluding carboxylic acids is 1. The van der Waals surface area contributed by atoms with Crippen LogP contribution in [0.3, 0.4) is 0 Å². The van der Waals surface area contributed by atoms with Crippen molar-refractivity contribution in [2.75, 3.05) is 45.8 Å². The van der Waals surface area contributed by atoms with Gasteiger partial charge in [0.25, 0.3) is 0 Å². The zero-order valence-corrected chi connectivity index (χ0v) is 15.5. The number of piperazine rings is 1. The second kappa shape index (κ2) is 8.15. The molecule has 3 fully saturated rings. The van der Waals surface area contributed by atoms with Crippen molar-refractivity contribution >= 4 is 5.91 Å². The predicted octanol–water partition coefficient (Wildman–Crippen LogP) is 1.41. The summed E-state index contributed by atoms with van der Waals surface area (Å²) in [7, 11) is 0. The van der Waals surface area contributed by atoms with Crippen LogP contribution in [0.15, 0.2) is 0 Å². The molecular weight excluding hydrogens is 302 g/mol. The van der Waals surface area contributed by atoms with Gasteiger partial charge < -0.3 is 14.9 Å². The van der Waals surface area contributed by atoms with Crippen molar-refractivity contribution in [3.05, 3.63) is 0 Å². The number of amides is 1. The minimum atomic E-state index is -0.155. The molecule has 24 heavy (non-hydrogen) atoms. The molecule has 0 aromatic heterocycles. The molecule has 1 saturated carbocycles. The Labute approximate surface area is 147 Å². The van der Waals surface area contributed by atoms with Gasteiger partial charge in [-0.05, 0) is 51.1 Å². The zero-order chi connectivity index (χ0) is 17.1. The van der Waals surface area contributed by atoms with Crippen LogP contribution in [-0.2, 0) is 4.79 Å². The molecule has 2 saturated heterocycles. The van der Waals surface area contributed by atoms with Gasteiger partial charge in [0.2, 0.25) is 5.91 Å². The summed E-state index contributed by atoms with van der Waals surface area (Å²) < 4.78 is 0. The summed E-state index contributed by atoms with van der Waals surface area (Å²) in [4.78, 5) is 19.8. The first-order valence-corrected chi connectivity index (χ1v) is 9.98. The second-order valence-corrected chi connectivity index (χ2v) is 8.40. The molecule has 1 N–H and O–H groups in total. The molecule has 0 aromatic carbocycles. The van der Waals surface area contributed by atoms with E-state index in [0.29, 0.717) is 17.9 Å². The molecule has 0 bridgehead atoms. The van der Waals surface area contributed by atoms with Gasteiger partial charge in [0, 0.05) is 44.7 Å². The number of likely N-dealkylation sites (tertiary alicyclic amines) is 1. The van der Waals surface area contributed by atoms with E-state index in [0.717, 1.165) is 77.9 Å². The van der Waals surface area contributed by atoms with Crippen molar-refractivity contribution in [3.8, 4) is 0 Å². The third-order valence-electron chi connectivity index (χ3n) is 6.10. The quantitative estimate of drug-likeness (QED) is 0.843. The number of rotatable bonds is 4. The third kappa shape index (κ3) is 4.30. The first-order valence-electron chi connectivity index (χ1n) is 9.98. The lowest BCUT2D eigenvalue weighted by Crippen LogP contribution is -2.55. The Kier molecular flexibility index (Phi) is 6.17. The van der Waals surface area contributed by atoms with E-state index < -0.39 is 0 Å². The van der Waals surface area contributed by atoms with E-state index in [1.807, 2.05) is 0 Å². The highest BCUT2D eigenvalue weighted by atomic mass is 16.3. The Bertz CT molecular complexity index is 413. The lowest BCUT2D eigenvalue weighted by atomic mass is 9.94. The number of aliphatic hydroxyl groups excluding tert-OH is 1. The van der Waals surface area contributed by atoms with Crippen molar-refractivity contribution in [1.29, 1.82) is 0 Å². The van der Waals surface area contributed by atoms with E-state index in [-0.39, 0.29) is 12.0 Å². The molecule has 2 unspecified atom stereocenters. The van der Waals surface area contributed by atoms with E-state index in [2.05, 4.69) is 28.5 Å². The van der Waals surface area contributed by atoms with Gasteiger partial charge in [0.15, 0.2) is 0 Å². The third-order valence-corrected chi connectivity index (χ3v) is 6.10. The van der Waals surface area contributed by atoms with Crippen LogP contribution >= 0.6 is 0 Å². The molecule has 2 aliphatic heterocycles. The molecule has 0 aromatic rings.